The molecule has 1 aliphatic rings. The second kappa shape index (κ2) is 4.92. The van der Waals surface area contributed by atoms with Crippen LogP contribution in [0.15, 0.2) is 42.5 Å². The molecule has 0 unspecified atom stereocenters. The van der Waals surface area contributed by atoms with Crippen LogP contribution in [0, 0.1) is 0 Å². The Labute approximate surface area is 131 Å². The van der Waals surface area contributed by atoms with Crippen molar-refractivity contribution in [1.29, 1.82) is 0 Å². The van der Waals surface area contributed by atoms with Crippen LogP contribution in [0.25, 0.3) is 16.1 Å². The molecule has 1 aromatic carbocycles. The van der Waals surface area contributed by atoms with Crippen LogP contribution in [0.1, 0.15) is 16.8 Å². The van der Waals surface area contributed by atoms with E-state index in [0.29, 0.717) is 10.9 Å². The van der Waals surface area contributed by atoms with Crippen molar-refractivity contribution in [3.8, 4) is 10.6 Å². The first-order chi connectivity index (χ1) is 10.7. The first-order valence-corrected chi connectivity index (χ1v) is 7.68. The maximum absolute atomic E-state index is 5.80. The number of benzene rings is 1. The van der Waals surface area contributed by atoms with Crippen LogP contribution in [-0.2, 0) is 6.42 Å². The van der Waals surface area contributed by atoms with E-state index in [0.717, 1.165) is 28.3 Å². The Bertz CT molecular complexity index is 897. The Morgan fingerprint density at radius 3 is 2.73 bits per heavy atom. The lowest BCUT2D eigenvalue weighted by Gasteiger charge is -2.07. The van der Waals surface area contributed by atoms with Crippen molar-refractivity contribution in [2.75, 3.05) is 11.5 Å². The lowest BCUT2D eigenvalue weighted by molar-refractivity contribution is 1.10. The monoisotopic (exact) mass is 307 g/mol. The molecule has 108 valence electrons. The molecule has 3 aromatic rings. The molecule has 1 aliphatic carbocycles. The zero-order chi connectivity index (χ0) is 15.1. The first-order valence-electron chi connectivity index (χ1n) is 6.86. The van der Waals surface area contributed by atoms with Crippen molar-refractivity contribution in [3.05, 3.63) is 59.3 Å². The summed E-state index contributed by atoms with van der Waals surface area (Å²) in [5, 5.41) is 9.29. The summed E-state index contributed by atoms with van der Waals surface area (Å²) < 4.78 is 0. The van der Waals surface area contributed by atoms with Gasteiger partial charge in [0.2, 0.25) is 5.13 Å². The van der Waals surface area contributed by atoms with E-state index >= 15 is 0 Å². The van der Waals surface area contributed by atoms with Crippen LogP contribution >= 0.6 is 11.3 Å². The summed E-state index contributed by atoms with van der Waals surface area (Å²) in [6.45, 7) is 0. The largest absolute Gasteiger partial charge is 0.384 e. The fourth-order valence-electron chi connectivity index (χ4n) is 2.66. The highest BCUT2D eigenvalue weighted by Crippen LogP contribution is 2.35. The van der Waals surface area contributed by atoms with Gasteiger partial charge >= 0.3 is 0 Å². The summed E-state index contributed by atoms with van der Waals surface area (Å²) in [6, 6.07) is 12.0. The maximum Gasteiger partial charge on any atom is 0.203 e. The van der Waals surface area contributed by atoms with Crippen molar-refractivity contribution < 1.29 is 0 Å². The SMILES string of the molecule is Nc1cccc(C2=CCc3ccc(-c4nnc(N)s4)cc32)n1. The molecule has 4 N–H and O–H groups in total. The van der Waals surface area contributed by atoms with Gasteiger partial charge in [0.05, 0.1) is 5.69 Å². The molecule has 2 heterocycles. The molecular formula is C16H13N5S. The number of anilines is 2. The smallest absolute Gasteiger partial charge is 0.203 e. The van der Waals surface area contributed by atoms with E-state index in [4.69, 9.17) is 11.5 Å². The van der Waals surface area contributed by atoms with Gasteiger partial charge in [-0.25, -0.2) is 4.98 Å². The average molecular weight is 307 g/mol. The van der Waals surface area contributed by atoms with Gasteiger partial charge < -0.3 is 11.5 Å². The van der Waals surface area contributed by atoms with Gasteiger partial charge in [-0.1, -0.05) is 35.6 Å². The molecule has 0 saturated heterocycles. The fraction of sp³-hybridized carbons (Fsp3) is 0.0625. The summed E-state index contributed by atoms with van der Waals surface area (Å²) in [5.74, 6) is 0.528. The third kappa shape index (κ3) is 2.14. The normalized spacial score (nSPS) is 13.0. The highest BCUT2D eigenvalue weighted by atomic mass is 32.1. The number of nitrogen functional groups attached to an aromatic ring is 2. The van der Waals surface area contributed by atoms with Crippen molar-refractivity contribution >= 4 is 27.9 Å². The average Bonchev–Trinajstić information content (AvgIpc) is 3.12. The molecule has 0 amide bonds. The minimum atomic E-state index is 0.476. The number of fused-ring (bicyclic) bond motifs is 1. The van der Waals surface area contributed by atoms with Gasteiger partial charge in [0.15, 0.2) is 0 Å². The quantitative estimate of drug-likeness (QED) is 0.759. The zero-order valence-electron chi connectivity index (χ0n) is 11.7. The lowest BCUT2D eigenvalue weighted by Crippen LogP contribution is -1.95. The number of pyridine rings is 1. The van der Waals surface area contributed by atoms with Crippen LogP contribution in [-0.4, -0.2) is 15.2 Å². The van der Waals surface area contributed by atoms with Gasteiger partial charge in [0, 0.05) is 11.1 Å². The first kappa shape index (κ1) is 13.0. The molecule has 0 atom stereocenters. The summed E-state index contributed by atoms with van der Waals surface area (Å²) >= 11 is 1.39. The third-order valence-corrected chi connectivity index (χ3v) is 4.46. The number of allylic oxidation sites excluding steroid dienone is 1. The minimum absolute atomic E-state index is 0.476. The van der Waals surface area contributed by atoms with E-state index in [-0.39, 0.29) is 0 Å². The molecule has 0 bridgehead atoms. The van der Waals surface area contributed by atoms with E-state index in [1.807, 2.05) is 12.1 Å². The van der Waals surface area contributed by atoms with E-state index in [9.17, 15) is 0 Å². The van der Waals surface area contributed by atoms with Gasteiger partial charge in [-0.3, -0.25) is 0 Å². The van der Waals surface area contributed by atoms with E-state index in [2.05, 4.69) is 39.5 Å². The van der Waals surface area contributed by atoms with Crippen LogP contribution in [0.2, 0.25) is 0 Å². The van der Waals surface area contributed by atoms with Gasteiger partial charge in [-0.15, -0.1) is 10.2 Å². The van der Waals surface area contributed by atoms with Gasteiger partial charge in [-0.2, -0.15) is 0 Å². The number of aromatic nitrogens is 3. The number of nitrogens with two attached hydrogens (primary N) is 2. The molecular weight excluding hydrogens is 294 g/mol. The fourth-order valence-corrected chi connectivity index (χ4v) is 3.26. The summed E-state index contributed by atoms with van der Waals surface area (Å²) in [4.78, 5) is 4.42. The van der Waals surface area contributed by atoms with Crippen LogP contribution in [0.4, 0.5) is 10.9 Å². The highest BCUT2D eigenvalue weighted by Gasteiger charge is 2.18. The summed E-state index contributed by atoms with van der Waals surface area (Å²) in [6.07, 6.45) is 3.09. The molecule has 4 rings (SSSR count). The van der Waals surface area contributed by atoms with Crippen LogP contribution in [0.5, 0.6) is 0 Å². The van der Waals surface area contributed by atoms with Gasteiger partial charge in [0.1, 0.15) is 10.8 Å². The van der Waals surface area contributed by atoms with Crippen molar-refractivity contribution in [2.24, 2.45) is 0 Å². The highest BCUT2D eigenvalue weighted by molar-refractivity contribution is 7.18. The zero-order valence-corrected chi connectivity index (χ0v) is 12.5. The lowest BCUT2D eigenvalue weighted by atomic mass is 10.0. The van der Waals surface area contributed by atoms with E-state index in [1.165, 1.54) is 22.5 Å². The maximum atomic E-state index is 5.80. The standard InChI is InChI=1S/C16H13N5S/c17-14-3-1-2-13(19-14)11-7-6-9-4-5-10(8-12(9)11)15-20-21-16(18)22-15/h1-5,7-8H,6H2,(H2,17,19)(H2,18,21). The summed E-state index contributed by atoms with van der Waals surface area (Å²) in [7, 11) is 0. The second-order valence-electron chi connectivity index (χ2n) is 5.09. The predicted octanol–water partition coefficient (Wildman–Crippen LogP) is 2.75. The Balaban J connectivity index is 1.80. The van der Waals surface area contributed by atoms with Crippen LogP contribution in [0.3, 0.4) is 0 Å². The predicted molar refractivity (Wildman–Crippen MR) is 89.2 cm³/mol. The molecule has 6 heteroatoms. The second-order valence-corrected chi connectivity index (χ2v) is 6.10. The molecule has 0 fully saturated rings. The van der Waals surface area contributed by atoms with E-state index in [1.54, 1.807) is 6.07 Å². The van der Waals surface area contributed by atoms with Crippen molar-refractivity contribution in [2.45, 2.75) is 6.42 Å². The number of hydrogen-bond acceptors (Lipinski definition) is 6. The number of nitrogens with zero attached hydrogens (tertiary/aromatic N) is 3. The molecule has 0 spiro atoms. The minimum Gasteiger partial charge on any atom is -0.384 e. The van der Waals surface area contributed by atoms with E-state index < -0.39 is 0 Å². The molecule has 2 aromatic heterocycles. The third-order valence-electron chi connectivity index (χ3n) is 3.66. The number of rotatable bonds is 2. The van der Waals surface area contributed by atoms with Gasteiger partial charge in [0.25, 0.3) is 0 Å². The Morgan fingerprint density at radius 1 is 1.05 bits per heavy atom. The topological polar surface area (TPSA) is 90.7 Å². The summed E-state index contributed by atoms with van der Waals surface area (Å²) in [5.41, 5.74) is 17.0. The van der Waals surface area contributed by atoms with Crippen LogP contribution < -0.4 is 11.5 Å². The Hall–Kier alpha value is -2.73. The molecule has 0 aliphatic heterocycles. The molecule has 22 heavy (non-hydrogen) atoms. The molecule has 0 saturated carbocycles. The molecule has 0 radical (unpaired) electrons. The van der Waals surface area contributed by atoms with Gasteiger partial charge in [-0.05, 0) is 35.7 Å². The van der Waals surface area contributed by atoms with Crippen molar-refractivity contribution in [3.63, 3.8) is 0 Å². The number of hydrogen-bond donors (Lipinski definition) is 2. The van der Waals surface area contributed by atoms with Crippen molar-refractivity contribution in [1.82, 2.24) is 15.2 Å². The Kier molecular flexibility index (Phi) is 2.90. The molecule has 5 nitrogen and oxygen atoms in total. The Morgan fingerprint density at radius 2 is 1.95 bits per heavy atom.